The van der Waals surface area contributed by atoms with Crippen molar-refractivity contribution in [2.75, 3.05) is 0 Å². The zero-order valence-electron chi connectivity index (χ0n) is 18.4. The molecule has 2 heterocycles. The lowest BCUT2D eigenvalue weighted by molar-refractivity contribution is 0.220. The van der Waals surface area contributed by atoms with Crippen molar-refractivity contribution in [2.24, 2.45) is 12.2 Å². The molecule has 0 aliphatic carbocycles. The fourth-order valence-corrected chi connectivity index (χ4v) is 4.66. The van der Waals surface area contributed by atoms with Gasteiger partial charge in [0.15, 0.2) is 5.43 Å². The lowest BCUT2D eigenvalue weighted by atomic mass is 10.0. The Morgan fingerprint density at radius 2 is 1.94 bits per heavy atom. The molecule has 0 radical (unpaired) electrons. The predicted octanol–water partition coefficient (Wildman–Crippen LogP) is 4.25. The van der Waals surface area contributed by atoms with Crippen LogP contribution in [0.3, 0.4) is 0 Å². The molecule has 2 N–H and O–H groups in total. The minimum absolute atomic E-state index is 0.0472. The molecule has 33 heavy (non-hydrogen) atoms. The molecule has 0 aliphatic rings. The van der Waals surface area contributed by atoms with Crippen LogP contribution >= 0.6 is 11.6 Å². The number of sulfonamides is 1. The summed E-state index contributed by atoms with van der Waals surface area (Å²) >= 11 is 5.95. The molecule has 0 spiro atoms. The molecule has 2 aromatic heterocycles. The Labute approximate surface area is 195 Å². The van der Waals surface area contributed by atoms with E-state index in [-0.39, 0.29) is 21.1 Å². The quantitative estimate of drug-likeness (QED) is 0.449. The summed E-state index contributed by atoms with van der Waals surface area (Å²) in [6.07, 6.45) is 2.70. The van der Waals surface area contributed by atoms with Crippen molar-refractivity contribution < 1.29 is 17.6 Å². The number of aryl methyl sites for hydroxylation is 2. The summed E-state index contributed by atoms with van der Waals surface area (Å²) in [7, 11) is -2.30. The average Bonchev–Trinajstić information content (AvgIpc) is 3.17. The Bertz CT molecular complexity index is 1560. The number of halogens is 1. The summed E-state index contributed by atoms with van der Waals surface area (Å²) in [6, 6.07) is 7.78. The Hall–Kier alpha value is -3.14. The maximum Gasteiger partial charge on any atom is 0.241 e. The first-order valence-corrected chi connectivity index (χ1v) is 11.9. The molecule has 0 fully saturated rings. The van der Waals surface area contributed by atoms with Crippen molar-refractivity contribution in [3.8, 4) is 17.1 Å². The van der Waals surface area contributed by atoms with E-state index in [0.717, 1.165) is 5.56 Å². The molecule has 0 saturated heterocycles. The molecule has 10 heteroatoms. The topological polar surface area (TPSA) is 117 Å². The summed E-state index contributed by atoms with van der Waals surface area (Å²) in [5, 5.41) is 10.1. The van der Waals surface area contributed by atoms with Gasteiger partial charge in [0.2, 0.25) is 10.0 Å². The van der Waals surface area contributed by atoms with E-state index in [1.54, 1.807) is 44.0 Å². The van der Waals surface area contributed by atoms with Crippen LogP contribution in [0.4, 0.5) is 0 Å². The van der Waals surface area contributed by atoms with Crippen LogP contribution < -0.4 is 15.3 Å². The van der Waals surface area contributed by atoms with Gasteiger partial charge in [-0.3, -0.25) is 9.48 Å². The maximum absolute atomic E-state index is 13.2. The third-order valence-corrected chi connectivity index (χ3v) is 6.48. The average molecular weight is 488 g/mol. The van der Waals surface area contributed by atoms with Gasteiger partial charge in [0.05, 0.1) is 17.1 Å². The number of nitrogens with zero attached hydrogens (tertiary/aromatic N) is 2. The van der Waals surface area contributed by atoms with Gasteiger partial charge in [0, 0.05) is 29.4 Å². The first kappa shape index (κ1) is 23.0. The number of rotatable bonds is 5. The number of hydrogen-bond acceptors (Lipinski definition) is 6. The van der Waals surface area contributed by atoms with Crippen molar-refractivity contribution in [1.29, 1.82) is 0 Å². The van der Waals surface area contributed by atoms with Gasteiger partial charge in [0.25, 0.3) is 0 Å². The summed E-state index contributed by atoms with van der Waals surface area (Å²) in [6.45, 7) is 5.30. The highest BCUT2D eigenvalue weighted by molar-refractivity contribution is 7.89. The molecule has 4 rings (SSSR count). The Kier molecular flexibility index (Phi) is 5.81. The van der Waals surface area contributed by atoms with Crippen LogP contribution in [0.5, 0.6) is 5.75 Å². The molecule has 0 saturated carbocycles. The molecule has 172 valence electrons. The lowest BCUT2D eigenvalue weighted by Gasteiger charge is -2.19. The monoisotopic (exact) mass is 487 g/mol. The van der Waals surface area contributed by atoms with Crippen molar-refractivity contribution in [1.82, 2.24) is 9.78 Å². The molecule has 4 aromatic rings. The fourth-order valence-electron chi connectivity index (χ4n) is 3.74. The molecule has 8 nitrogen and oxygen atoms in total. The van der Waals surface area contributed by atoms with E-state index >= 15 is 0 Å². The molecule has 0 unspecified atom stereocenters. The smallest absolute Gasteiger partial charge is 0.241 e. The van der Waals surface area contributed by atoms with Gasteiger partial charge >= 0.3 is 0 Å². The molecule has 2 aromatic carbocycles. The van der Waals surface area contributed by atoms with E-state index in [0.29, 0.717) is 33.4 Å². The number of hydrogen-bond donors (Lipinski definition) is 1. The molecule has 0 amide bonds. The van der Waals surface area contributed by atoms with E-state index < -0.39 is 16.1 Å². The third kappa shape index (κ3) is 4.39. The minimum atomic E-state index is -4.08. The molecule has 0 aliphatic heterocycles. The highest BCUT2D eigenvalue weighted by Crippen LogP contribution is 2.35. The molecule has 1 atom stereocenters. The zero-order chi connectivity index (χ0) is 24.1. The minimum Gasteiger partial charge on any atom is -0.484 e. The highest BCUT2D eigenvalue weighted by atomic mass is 35.5. The van der Waals surface area contributed by atoms with Crippen LogP contribution in [0.2, 0.25) is 5.02 Å². The molecule has 0 bridgehead atoms. The van der Waals surface area contributed by atoms with Crippen LogP contribution in [-0.2, 0) is 17.1 Å². The fraction of sp³-hybridized carbons (Fsp3) is 0.217. The van der Waals surface area contributed by atoms with Gasteiger partial charge in [-0.05, 0) is 56.7 Å². The van der Waals surface area contributed by atoms with Crippen LogP contribution in [0.25, 0.3) is 22.3 Å². The first-order valence-electron chi connectivity index (χ1n) is 10.0. The van der Waals surface area contributed by atoms with Gasteiger partial charge in [0.1, 0.15) is 28.1 Å². The zero-order valence-corrected chi connectivity index (χ0v) is 20.0. The van der Waals surface area contributed by atoms with Gasteiger partial charge in [-0.15, -0.1) is 0 Å². The van der Waals surface area contributed by atoms with Crippen molar-refractivity contribution >= 4 is 32.6 Å². The van der Waals surface area contributed by atoms with Gasteiger partial charge in [-0.1, -0.05) is 11.6 Å². The maximum atomic E-state index is 13.2. The Morgan fingerprint density at radius 1 is 1.21 bits per heavy atom. The normalized spacial score (nSPS) is 12.8. The van der Waals surface area contributed by atoms with Crippen molar-refractivity contribution in [3.63, 3.8) is 0 Å². The van der Waals surface area contributed by atoms with Gasteiger partial charge in [-0.2, -0.15) is 5.10 Å². The standard InChI is InChI=1S/C23H22ClN3O5S/c1-12-7-17(14(3)31-19-6-5-16(24)9-20(19)33(25,29)30)23-18(8-12)21(28)13(2)22(32-23)15-10-26-27(4)11-15/h5-11,14H,1-4H3,(H2,25,29,30)/t14-/m1/s1. The van der Waals surface area contributed by atoms with E-state index in [9.17, 15) is 13.2 Å². The Morgan fingerprint density at radius 3 is 2.58 bits per heavy atom. The highest BCUT2D eigenvalue weighted by Gasteiger charge is 2.23. The van der Waals surface area contributed by atoms with Gasteiger partial charge in [-0.25, -0.2) is 13.6 Å². The number of fused-ring (bicyclic) bond motifs is 1. The first-order chi connectivity index (χ1) is 15.5. The number of benzene rings is 2. The number of primary sulfonamides is 1. The van der Waals surface area contributed by atoms with E-state index in [4.69, 9.17) is 25.9 Å². The van der Waals surface area contributed by atoms with Crippen LogP contribution in [0.1, 0.15) is 29.7 Å². The van der Waals surface area contributed by atoms with E-state index in [2.05, 4.69) is 5.10 Å². The summed E-state index contributed by atoms with van der Waals surface area (Å²) in [5.74, 6) is 0.459. The number of aromatic nitrogens is 2. The summed E-state index contributed by atoms with van der Waals surface area (Å²) < 4.78 is 38.0. The Balaban J connectivity index is 1.89. The third-order valence-electron chi connectivity index (χ3n) is 5.31. The van der Waals surface area contributed by atoms with Crippen LogP contribution in [-0.4, -0.2) is 18.2 Å². The van der Waals surface area contributed by atoms with Crippen LogP contribution in [0.15, 0.2) is 56.8 Å². The van der Waals surface area contributed by atoms with E-state index in [1.807, 2.05) is 13.0 Å². The number of ether oxygens (including phenoxy) is 1. The summed E-state index contributed by atoms with van der Waals surface area (Å²) in [5.41, 5.74) is 2.75. The molecular weight excluding hydrogens is 466 g/mol. The SMILES string of the molecule is Cc1cc([C@@H](C)Oc2ccc(Cl)cc2S(N)(=O)=O)c2oc(-c3cnn(C)c3)c(C)c(=O)c2c1. The van der Waals surface area contributed by atoms with Gasteiger partial charge < -0.3 is 9.15 Å². The second-order valence-electron chi connectivity index (χ2n) is 7.91. The van der Waals surface area contributed by atoms with Crippen LogP contribution in [0, 0.1) is 13.8 Å². The van der Waals surface area contributed by atoms with E-state index in [1.165, 1.54) is 18.2 Å². The number of nitrogens with two attached hydrogens (primary N) is 1. The predicted molar refractivity (Wildman–Crippen MR) is 126 cm³/mol. The van der Waals surface area contributed by atoms with Crippen molar-refractivity contribution in [3.05, 3.63) is 74.7 Å². The van der Waals surface area contributed by atoms with Crippen molar-refractivity contribution in [2.45, 2.75) is 31.8 Å². The lowest BCUT2D eigenvalue weighted by Crippen LogP contribution is -2.15. The second-order valence-corrected chi connectivity index (χ2v) is 9.88. The molecular formula is C23H22ClN3O5S. The largest absolute Gasteiger partial charge is 0.484 e. The second kappa shape index (κ2) is 8.33. The summed E-state index contributed by atoms with van der Waals surface area (Å²) in [4.78, 5) is 13.0.